The van der Waals surface area contributed by atoms with Gasteiger partial charge in [-0.3, -0.25) is 0 Å². The van der Waals surface area contributed by atoms with E-state index in [1.54, 1.807) is 0 Å². The van der Waals surface area contributed by atoms with Gasteiger partial charge in [-0.1, -0.05) is 78.9 Å². The molecule has 0 aliphatic carbocycles. The minimum absolute atomic E-state index is 1.27. The van der Waals surface area contributed by atoms with Crippen LogP contribution in [0.5, 0.6) is 0 Å². The van der Waals surface area contributed by atoms with Gasteiger partial charge in [-0.25, -0.2) is 0 Å². The third-order valence-corrected chi connectivity index (χ3v) is 4.75. The van der Waals surface area contributed by atoms with E-state index >= 15 is 0 Å². The summed E-state index contributed by atoms with van der Waals surface area (Å²) in [4.78, 5) is 0. The van der Waals surface area contributed by atoms with Crippen molar-refractivity contribution in [2.45, 2.75) is 13.8 Å². The highest BCUT2D eigenvalue weighted by molar-refractivity contribution is 5.92. The SMILES string of the molecule is Cc1ccccc1-c1c(C)cccc1-c1ccc2ccccc2c1. The summed E-state index contributed by atoms with van der Waals surface area (Å²) in [6, 6.07) is 30.5. The van der Waals surface area contributed by atoms with Gasteiger partial charge in [-0.15, -0.1) is 0 Å². The van der Waals surface area contributed by atoms with Crippen molar-refractivity contribution in [2.75, 3.05) is 0 Å². The van der Waals surface area contributed by atoms with Gasteiger partial charge in [0, 0.05) is 0 Å². The Morgan fingerprint density at radius 3 is 2.00 bits per heavy atom. The second-order valence-corrected chi connectivity index (χ2v) is 6.37. The van der Waals surface area contributed by atoms with Crippen LogP contribution in [0.1, 0.15) is 11.1 Å². The van der Waals surface area contributed by atoms with Crippen molar-refractivity contribution in [1.29, 1.82) is 0 Å². The standard InChI is InChI=1S/C24H20/c1-17-8-3-6-12-22(17)24-18(2)9-7-13-23(24)21-15-14-19-10-4-5-11-20(19)16-21/h3-16H,1-2H3. The molecule has 0 saturated heterocycles. The van der Waals surface area contributed by atoms with Crippen LogP contribution in [-0.2, 0) is 0 Å². The quantitative estimate of drug-likeness (QED) is 0.382. The minimum Gasteiger partial charge on any atom is -0.0620 e. The molecule has 0 nitrogen and oxygen atoms in total. The Kier molecular flexibility index (Phi) is 3.66. The summed E-state index contributed by atoms with van der Waals surface area (Å²) in [5.74, 6) is 0. The summed E-state index contributed by atoms with van der Waals surface area (Å²) < 4.78 is 0. The van der Waals surface area contributed by atoms with Gasteiger partial charge in [0.25, 0.3) is 0 Å². The summed E-state index contributed by atoms with van der Waals surface area (Å²) in [5, 5.41) is 2.57. The molecule has 24 heavy (non-hydrogen) atoms. The van der Waals surface area contributed by atoms with Crippen LogP contribution >= 0.6 is 0 Å². The summed E-state index contributed by atoms with van der Waals surface area (Å²) in [7, 11) is 0. The average Bonchev–Trinajstić information content (AvgIpc) is 2.62. The average molecular weight is 308 g/mol. The monoisotopic (exact) mass is 308 g/mol. The fourth-order valence-corrected chi connectivity index (χ4v) is 3.48. The molecule has 0 heteroatoms. The van der Waals surface area contributed by atoms with Crippen LogP contribution < -0.4 is 0 Å². The summed E-state index contributed by atoms with van der Waals surface area (Å²) >= 11 is 0. The minimum atomic E-state index is 1.27. The topological polar surface area (TPSA) is 0 Å². The molecule has 0 fully saturated rings. The van der Waals surface area contributed by atoms with Crippen LogP contribution in [0.3, 0.4) is 0 Å². The molecule has 4 aromatic carbocycles. The van der Waals surface area contributed by atoms with Crippen molar-refractivity contribution < 1.29 is 0 Å². The summed E-state index contributed by atoms with van der Waals surface area (Å²) in [6.07, 6.45) is 0. The van der Waals surface area contributed by atoms with E-state index in [1.165, 1.54) is 44.2 Å². The third-order valence-electron chi connectivity index (χ3n) is 4.75. The molecule has 0 bridgehead atoms. The van der Waals surface area contributed by atoms with Crippen molar-refractivity contribution >= 4 is 10.8 Å². The van der Waals surface area contributed by atoms with E-state index < -0.39 is 0 Å². The lowest BCUT2D eigenvalue weighted by Crippen LogP contribution is -1.91. The first kappa shape index (κ1) is 14.7. The molecule has 4 aromatic rings. The van der Waals surface area contributed by atoms with E-state index in [1.807, 2.05) is 0 Å². The number of fused-ring (bicyclic) bond motifs is 1. The molecule has 0 unspecified atom stereocenters. The lowest BCUT2D eigenvalue weighted by Gasteiger charge is -2.16. The molecule has 0 aliphatic rings. The zero-order valence-electron chi connectivity index (χ0n) is 14.1. The molecular formula is C24H20. The third kappa shape index (κ3) is 2.51. The number of benzene rings is 4. The van der Waals surface area contributed by atoms with Gasteiger partial charge in [-0.2, -0.15) is 0 Å². The summed E-state index contributed by atoms with van der Waals surface area (Å²) in [5.41, 5.74) is 7.86. The van der Waals surface area contributed by atoms with Gasteiger partial charge in [0.15, 0.2) is 0 Å². The van der Waals surface area contributed by atoms with Crippen LogP contribution in [-0.4, -0.2) is 0 Å². The zero-order valence-corrected chi connectivity index (χ0v) is 14.1. The molecule has 0 N–H and O–H groups in total. The molecule has 0 aliphatic heterocycles. The van der Waals surface area contributed by atoms with Crippen molar-refractivity contribution in [3.63, 3.8) is 0 Å². The first-order chi connectivity index (χ1) is 11.7. The molecular weight excluding hydrogens is 288 g/mol. The highest BCUT2D eigenvalue weighted by atomic mass is 14.2. The van der Waals surface area contributed by atoms with Crippen LogP contribution in [0, 0.1) is 13.8 Å². The molecule has 0 aromatic heterocycles. The fraction of sp³-hybridized carbons (Fsp3) is 0.0833. The van der Waals surface area contributed by atoms with Gasteiger partial charge < -0.3 is 0 Å². The lowest BCUT2D eigenvalue weighted by atomic mass is 9.88. The van der Waals surface area contributed by atoms with Gasteiger partial charge in [0.05, 0.1) is 0 Å². The van der Waals surface area contributed by atoms with Crippen molar-refractivity contribution in [3.8, 4) is 22.3 Å². The maximum atomic E-state index is 2.30. The van der Waals surface area contributed by atoms with Crippen molar-refractivity contribution in [1.82, 2.24) is 0 Å². The molecule has 0 radical (unpaired) electrons. The van der Waals surface area contributed by atoms with Crippen molar-refractivity contribution in [3.05, 3.63) is 96.1 Å². The van der Waals surface area contributed by atoms with Crippen LogP contribution in [0.2, 0.25) is 0 Å². The molecule has 0 atom stereocenters. The van der Waals surface area contributed by atoms with Crippen LogP contribution in [0.15, 0.2) is 84.9 Å². The molecule has 0 heterocycles. The Labute approximate surface area is 143 Å². The van der Waals surface area contributed by atoms with Gasteiger partial charge in [-0.05, 0) is 64.1 Å². The van der Waals surface area contributed by atoms with Crippen molar-refractivity contribution in [2.24, 2.45) is 0 Å². The van der Waals surface area contributed by atoms with Gasteiger partial charge in [0.2, 0.25) is 0 Å². The Morgan fingerprint density at radius 2 is 1.17 bits per heavy atom. The predicted molar refractivity (Wildman–Crippen MR) is 104 cm³/mol. The molecule has 0 amide bonds. The van der Waals surface area contributed by atoms with Crippen LogP contribution in [0.4, 0.5) is 0 Å². The summed E-state index contributed by atoms with van der Waals surface area (Å²) in [6.45, 7) is 4.39. The number of hydrogen-bond acceptors (Lipinski definition) is 0. The van der Waals surface area contributed by atoms with Crippen LogP contribution in [0.25, 0.3) is 33.0 Å². The van der Waals surface area contributed by atoms with E-state index in [4.69, 9.17) is 0 Å². The maximum absolute atomic E-state index is 2.30. The smallest absolute Gasteiger partial charge is 0.00735 e. The maximum Gasteiger partial charge on any atom is -0.00735 e. The Bertz CT molecular complexity index is 1020. The first-order valence-electron chi connectivity index (χ1n) is 8.39. The molecule has 4 rings (SSSR count). The molecule has 0 spiro atoms. The molecule has 0 saturated carbocycles. The Balaban J connectivity index is 1.98. The Morgan fingerprint density at radius 1 is 0.500 bits per heavy atom. The first-order valence-corrected chi connectivity index (χ1v) is 8.39. The number of hydrogen-bond donors (Lipinski definition) is 0. The van der Waals surface area contributed by atoms with E-state index in [0.717, 1.165) is 0 Å². The van der Waals surface area contributed by atoms with Gasteiger partial charge in [0.1, 0.15) is 0 Å². The van der Waals surface area contributed by atoms with E-state index in [9.17, 15) is 0 Å². The predicted octanol–water partition coefficient (Wildman–Crippen LogP) is 6.79. The highest BCUT2D eigenvalue weighted by Gasteiger charge is 2.12. The van der Waals surface area contributed by atoms with Gasteiger partial charge >= 0.3 is 0 Å². The number of aryl methyl sites for hydroxylation is 2. The second-order valence-electron chi connectivity index (χ2n) is 6.37. The second kappa shape index (κ2) is 5.98. The van der Waals surface area contributed by atoms with E-state index in [0.29, 0.717) is 0 Å². The van der Waals surface area contributed by atoms with E-state index in [-0.39, 0.29) is 0 Å². The normalized spacial score (nSPS) is 10.9. The number of rotatable bonds is 2. The largest absolute Gasteiger partial charge is 0.0620 e. The lowest BCUT2D eigenvalue weighted by molar-refractivity contribution is 1.41. The highest BCUT2D eigenvalue weighted by Crippen LogP contribution is 2.37. The molecule has 116 valence electrons. The Hall–Kier alpha value is -2.86. The zero-order chi connectivity index (χ0) is 16.5. The fourth-order valence-electron chi connectivity index (χ4n) is 3.48. The van der Waals surface area contributed by atoms with E-state index in [2.05, 4.69) is 98.8 Å².